The van der Waals surface area contributed by atoms with Crippen LogP contribution in [-0.4, -0.2) is 36.3 Å². The Labute approximate surface area is 116 Å². The van der Waals surface area contributed by atoms with Gasteiger partial charge in [0.2, 0.25) is 0 Å². The molecular formula is C13H17N3O2S. The molecule has 0 radical (unpaired) electrons. The molecule has 1 atom stereocenters. The zero-order chi connectivity index (χ0) is 13.2. The van der Waals surface area contributed by atoms with Crippen LogP contribution < -0.4 is 5.32 Å². The molecule has 2 aromatic rings. The number of ether oxygens (including phenoxy) is 2. The molecule has 0 amide bonds. The van der Waals surface area contributed by atoms with E-state index in [9.17, 15) is 0 Å². The van der Waals surface area contributed by atoms with Gasteiger partial charge in [0.1, 0.15) is 16.8 Å². The topological polar surface area (TPSA) is 56.3 Å². The smallest absolute Gasteiger partial charge is 0.163 e. The maximum absolute atomic E-state index is 5.68. The Balaban J connectivity index is 2.04. The Bertz CT molecular complexity index is 579. The minimum atomic E-state index is -0.155. The van der Waals surface area contributed by atoms with Crippen molar-refractivity contribution in [3.8, 4) is 0 Å². The predicted molar refractivity (Wildman–Crippen MR) is 75.8 cm³/mol. The van der Waals surface area contributed by atoms with E-state index < -0.39 is 0 Å². The molecule has 1 fully saturated rings. The van der Waals surface area contributed by atoms with E-state index in [1.807, 2.05) is 0 Å². The molecule has 3 heterocycles. The summed E-state index contributed by atoms with van der Waals surface area (Å²) in [6.07, 6.45) is -0.155. The molecule has 0 aromatic carbocycles. The van der Waals surface area contributed by atoms with Crippen LogP contribution in [0.15, 0.2) is 6.07 Å². The van der Waals surface area contributed by atoms with Crippen molar-refractivity contribution < 1.29 is 9.47 Å². The third-order valence-electron chi connectivity index (χ3n) is 2.98. The van der Waals surface area contributed by atoms with Crippen molar-refractivity contribution in [1.82, 2.24) is 9.97 Å². The molecule has 1 aliphatic rings. The maximum Gasteiger partial charge on any atom is 0.163 e. The van der Waals surface area contributed by atoms with Gasteiger partial charge < -0.3 is 14.8 Å². The Morgan fingerprint density at radius 3 is 3.05 bits per heavy atom. The fraction of sp³-hybridized carbons (Fsp3) is 0.538. The summed E-state index contributed by atoms with van der Waals surface area (Å²) in [6, 6.07) is 2.13. The zero-order valence-corrected chi connectivity index (χ0v) is 11.9. The van der Waals surface area contributed by atoms with Gasteiger partial charge in [-0.1, -0.05) is 0 Å². The van der Waals surface area contributed by atoms with Crippen LogP contribution in [0.1, 0.15) is 23.7 Å². The number of hydrogen-bond donors (Lipinski definition) is 1. The summed E-state index contributed by atoms with van der Waals surface area (Å²) in [7, 11) is 0. The third kappa shape index (κ3) is 2.56. The van der Waals surface area contributed by atoms with Gasteiger partial charge in [-0.3, -0.25) is 0 Å². The van der Waals surface area contributed by atoms with Gasteiger partial charge in [0, 0.05) is 11.4 Å². The Hall–Kier alpha value is -1.24. The number of hydrogen-bond acceptors (Lipinski definition) is 6. The normalized spacial score (nSPS) is 19.8. The lowest BCUT2D eigenvalue weighted by molar-refractivity contribution is -0.0933. The molecule has 1 aliphatic heterocycles. The average Bonchev–Trinajstić information content (AvgIpc) is 2.80. The molecule has 0 aliphatic carbocycles. The first kappa shape index (κ1) is 12.8. The van der Waals surface area contributed by atoms with E-state index in [-0.39, 0.29) is 6.10 Å². The van der Waals surface area contributed by atoms with Crippen molar-refractivity contribution in [2.45, 2.75) is 20.0 Å². The molecule has 2 aromatic heterocycles. The van der Waals surface area contributed by atoms with E-state index >= 15 is 0 Å². The summed E-state index contributed by atoms with van der Waals surface area (Å²) >= 11 is 1.68. The van der Waals surface area contributed by atoms with Gasteiger partial charge in [-0.15, -0.1) is 11.3 Å². The lowest BCUT2D eigenvalue weighted by atomic mass is 10.3. The Morgan fingerprint density at radius 1 is 1.42 bits per heavy atom. The summed E-state index contributed by atoms with van der Waals surface area (Å²) in [4.78, 5) is 11.5. The second-order valence-electron chi connectivity index (χ2n) is 4.47. The van der Waals surface area contributed by atoms with Crippen LogP contribution in [0.5, 0.6) is 0 Å². The predicted octanol–water partition coefficient (Wildman–Crippen LogP) is 2.52. The molecule has 1 saturated heterocycles. The maximum atomic E-state index is 5.68. The minimum Gasteiger partial charge on any atom is -0.376 e. The summed E-state index contributed by atoms with van der Waals surface area (Å²) in [5.41, 5.74) is 0. The molecule has 0 saturated carbocycles. The molecular weight excluding hydrogens is 262 g/mol. The number of aromatic nitrogens is 2. The first-order valence-electron chi connectivity index (χ1n) is 6.49. The SMILES string of the molecule is CCNc1nc(C2COCCO2)nc2sc(C)cc12. The standard InChI is InChI=1S/C13H17N3O2S/c1-3-14-11-9-6-8(2)19-13(9)16-12(15-11)10-7-17-4-5-18-10/h6,10H,3-5,7H2,1-2H3,(H,14,15,16). The summed E-state index contributed by atoms with van der Waals surface area (Å²) in [6.45, 7) is 6.77. The molecule has 19 heavy (non-hydrogen) atoms. The van der Waals surface area contributed by atoms with Gasteiger partial charge in [-0.25, -0.2) is 9.97 Å². The van der Waals surface area contributed by atoms with Gasteiger partial charge in [0.15, 0.2) is 5.82 Å². The molecule has 0 spiro atoms. The number of aryl methyl sites for hydroxylation is 1. The number of nitrogens with zero attached hydrogens (tertiary/aromatic N) is 2. The monoisotopic (exact) mass is 279 g/mol. The highest BCUT2D eigenvalue weighted by Gasteiger charge is 2.21. The third-order valence-corrected chi connectivity index (χ3v) is 3.93. The van der Waals surface area contributed by atoms with Crippen molar-refractivity contribution in [1.29, 1.82) is 0 Å². The van der Waals surface area contributed by atoms with E-state index in [1.54, 1.807) is 11.3 Å². The van der Waals surface area contributed by atoms with E-state index in [1.165, 1.54) is 4.88 Å². The first-order valence-corrected chi connectivity index (χ1v) is 7.31. The van der Waals surface area contributed by atoms with Crippen LogP contribution in [0.25, 0.3) is 10.2 Å². The van der Waals surface area contributed by atoms with E-state index in [2.05, 4.69) is 35.2 Å². The average molecular weight is 279 g/mol. The van der Waals surface area contributed by atoms with Gasteiger partial charge in [-0.05, 0) is 19.9 Å². The second kappa shape index (κ2) is 5.40. The Morgan fingerprint density at radius 2 is 2.32 bits per heavy atom. The molecule has 0 bridgehead atoms. The van der Waals surface area contributed by atoms with E-state index in [0.717, 1.165) is 22.6 Å². The lowest BCUT2D eigenvalue weighted by Gasteiger charge is -2.22. The molecule has 1 unspecified atom stereocenters. The highest BCUT2D eigenvalue weighted by atomic mass is 32.1. The summed E-state index contributed by atoms with van der Waals surface area (Å²) in [5.74, 6) is 1.60. The van der Waals surface area contributed by atoms with Gasteiger partial charge >= 0.3 is 0 Å². The number of thiophene rings is 1. The fourth-order valence-corrected chi connectivity index (χ4v) is 3.03. The molecule has 5 nitrogen and oxygen atoms in total. The van der Waals surface area contributed by atoms with Gasteiger partial charge in [-0.2, -0.15) is 0 Å². The largest absolute Gasteiger partial charge is 0.376 e. The van der Waals surface area contributed by atoms with Crippen LogP contribution in [0, 0.1) is 6.92 Å². The lowest BCUT2D eigenvalue weighted by Crippen LogP contribution is -2.23. The molecule has 6 heteroatoms. The fourth-order valence-electron chi connectivity index (χ4n) is 2.14. The number of anilines is 1. The van der Waals surface area contributed by atoms with Crippen molar-refractivity contribution >= 4 is 27.4 Å². The zero-order valence-electron chi connectivity index (χ0n) is 11.1. The number of rotatable bonds is 3. The van der Waals surface area contributed by atoms with Crippen LogP contribution in [0.2, 0.25) is 0 Å². The molecule has 1 N–H and O–H groups in total. The summed E-state index contributed by atoms with van der Waals surface area (Å²) in [5, 5.41) is 4.39. The molecule has 102 valence electrons. The van der Waals surface area contributed by atoms with Crippen molar-refractivity contribution in [2.75, 3.05) is 31.7 Å². The van der Waals surface area contributed by atoms with Crippen molar-refractivity contribution in [3.63, 3.8) is 0 Å². The highest BCUT2D eigenvalue weighted by Crippen LogP contribution is 2.30. The summed E-state index contributed by atoms with van der Waals surface area (Å²) < 4.78 is 11.1. The van der Waals surface area contributed by atoms with Crippen LogP contribution in [0.3, 0.4) is 0 Å². The van der Waals surface area contributed by atoms with Gasteiger partial charge in [0.05, 0.1) is 25.2 Å². The number of fused-ring (bicyclic) bond motifs is 1. The van der Waals surface area contributed by atoms with Crippen LogP contribution in [0.4, 0.5) is 5.82 Å². The second-order valence-corrected chi connectivity index (χ2v) is 5.71. The number of nitrogens with one attached hydrogen (secondary N) is 1. The quantitative estimate of drug-likeness (QED) is 0.935. The van der Waals surface area contributed by atoms with Crippen LogP contribution >= 0.6 is 11.3 Å². The highest BCUT2D eigenvalue weighted by molar-refractivity contribution is 7.18. The van der Waals surface area contributed by atoms with E-state index in [4.69, 9.17) is 9.47 Å². The van der Waals surface area contributed by atoms with Gasteiger partial charge in [0.25, 0.3) is 0 Å². The van der Waals surface area contributed by atoms with Crippen molar-refractivity contribution in [3.05, 3.63) is 16.8 Å². The molecule has 3 rings (SSSR count). The Kier molecular flexibility index (Phi) is 3.63. The minimum absolute atomic E-state index is 0.155. The van der Waals surface area contributed by atoms with Crippen molar-refractivity contribution in [2.24, 2.45) is 0 Å². The van der Waals surface area contributed by atoms with E-state index in [0.29, 0.717) is 25.6 Å². The van der Waals surface area contributed by atoms with Crippen LogP contribution in [-0.2, 0) is 9.47 Å². The first-order chi connectivity index (χ1) is 9.28.